The molecule has 0 unspecified atom stereocenters. The molecule has 0 atom stereocenters. The van der Waals surface area contributed by atoms with Gasteiger partial charge in [-0.3, -0.25) is 0 Å². The van der Waals surface area contributed by atoms with Gasteiger partial charge in [0.25, 0.3) is 0 Å². The highest BCUT2D eigenvalue weighted by Gasteiger charge is 2.04. The Kier molecular flexibility index (Phi) is 5.68. The van der Waals surface area contributed by atoms with Crippen LogP contribution in [0.2, 0.25) is 0 Å². The summed E-state index contributed by atoms with van der Waals surface area (Å²) in [6, 6.07) is 5.30. The number of benzene rings is 1. The third-order valence-electron chi connectivity index (χ3n) is 1.97. The van der Waals surface area contributed by atoms with E-state index in [1.54, 1.807) is 19.1 Å². The summed E-state index contributed by atoms with van der Waals surface area (Å²) < 4.78 is 0. The number of carbonyl (C=O) groups is 1. The van der Waals surface area contributed by atoms with Crippen LogP contribution in [0.25, 0.3) is 0 Å². The normalized spacial score (nSPS) is 11.9. The first-order chi connectivity index (χ1) is 6.61. The summed E-state index contributed by atoms with van der Waals surface area (Å²) in [4.78, 5) is 10.5. The van der Waals surface area contributed by atoms with E-state index >= 15 is 0 Å². The largest absolute Gasteiger partial charge is 0.478 e. The Morgan fingerprint density at radius 2 is 1.73 bits per heavy atom. The van der Waals surface area contributed by atoms with Crippen molar-refractivity contribution in [3.05, 3.63) is 42.3 Å². The lowest BCUT2D eigenvalue weighted by atomic mass is 10.1. The predicted molar refractivity (Wildman–Crippen MR) is 60.0 cm³/mol. The molecule has 0 bridgehead atoms. The van der Waals surface area contributed by atoms with Crippen molar-refractivity contribution in [3.63, 3.8) is 0 Å². The van der Waals surface area contributed by atoms with Crippen LogP contribution >= 0.6 is 0 Å². The molecule has 1 aliphatic carbocycles. The highest BCUT2D eigenvalue weighted by atomic mass is 16.4. The van der Waals surface area contributed by atoms with E-state index in [1.165, 1.54) is 19.3 Å². The molecular formula is C13H16O2. The van der Waals surface area contributed by atoms with Crippen LogP contribution in [-0.4, -0.2) is 11.1 Å². The average Bonchev–Trinajstić information content (AvgIpc) is 2.88. The van der Waals surface area contributed by atoms with Gasteiger partial charge < -0.3 is 5.11 Å². The van der Waals surface area contributed by atoms with E-state index < -0.39 is 5.97 Å². The fraction of sp³-hybridized carbons (Fsp3) is 0.385. The molecule has 0 spiro atoms. The Morgan fingerprint density at radius 1 is 1.20 bits per heavy atom. The molecule has 2 heteroatoms. The summed E-state index contributed by atoms with van der Waals surface area (Å²) in [6.45, 7) is 3.75. The van der Waals surface area contributed by atoms with E-state index in [1.807, 2.05) is 13.0 Å². The molecule has 0 aromatic heterocycles. The molecule has 2 rings (SSSR count). The Labute approximate surface area is 91.9 Å². The Hall–Kier alpha value is -1.31. The maximum absolute atomic E-state index is 10.5. The van der Waals surface area contributed by atoms with Crippen LogP contribution in [0.1, 0.15) is 40.7 Å². The first-order valence-electron chi connectivity index (χ1n) is 4.92. The minimum Gasteiger partial charge on any atom is -0.478 e. The van der Waals surface area contributed by atoms with Crippen LogP contribution in [0.3, 0.4) is 0 Å². The van der Waals surface area contributed by atoms with Gasteiger partial charge in [-0.25, -0.2) is 4.79 Å². The lowest BCUT2D eigenvalue weighted by Gasteiger charge is -2.00. The molecule has 0 amide bonds. The molecule has 1 aromatic carbocycles. The van der Waals surface area contributed by atoms with E-state index in [4.69, 9.17) is 5.11 Å². The molecule has 4 radical (unpaired) electrons. The van der Waals surface area contributed by atoms with Crippen molar-refractivity contribution in [2.24, 2.45) is 0 Å². The van der Waals surface area contributed by atoms with Crippen molar-refractivity contribution < 1.29 is 9.90 Å². The Balaban J connectivity index is 0.000000420. The number of carboxylic acids is 1. The number of rotatable bonds is 1. The zero-order chi connectivity index (χ0) is 10.6. The van der Waals surface area contributed by atoms with E-state index in [9.17, 15) is 4.79 Å². The lowest BCUT2D eigenvalue weighted by Crippen LogP contribution is -1.99. The van der Waals surface area contributed by atoms with Gasteiger partial charge in [-0.1, -0.05) is 37.0 Å². The van der Waals surface area contributed by atoms with Gasteiger partial charge in [0.1, 0.15) is 0 Å². The summed E-state index contributed by atoms with van der Waals surface area (Å²) in [5.74, 6) is -0.859. The Bertz CT molecular complexity index is 325. The summed E-state index contributed by atoms with van der Waals surface area (Å²) >= 11 is 0. The quantitative estimate of drug-likeness (QED) is 0.762. The first-order valence-corrected chi connectivity index (χ1v) is 4.92. The lowest BCUT2D eigenvalue weighted by molar-refractivity contribution is 0.0696. The van der Waals surface area contributed by atoms with Gasteiger partial charge >= 0.3 is 5.97 Å². The molecule has 1 aliphatic rings. The van der Waals surface area contributed by atoms with Gasteiger partial charge in [0.2, 0.25) is 0 Å². The molecule has 15 heavy (non-hydrogen) atoms. The van der Waals surface area contributed by atoms with Crippen LogP contribution < -0.4 is 0 Å². The highest BCUT2D eigenvalue weighted by molar-refractivity contribution is 5.89. The maximum atomic E-state index is 10.5. The minimum absolute atomic E-state index is 0. The molecule has 2 nitrogen and oxygen atoms in total. The second-order valence-electron chi connectivity index (χ2n) is 3.68. The number of hydrogen-bond acceptors (Lipinski definition) is 1. The minimum atomic E-state index is -0.859. The summed E-state index contributed by atoms with van der Waals surface area (Å²) in [5.41, 5.74) is 2.29. The topological polar surface area (TPSA) is 37.3 Å². The molecule has 1 N–H and O–H groups in total. The molecule has 80 valence electrons. The second kappa shape index (κ2) is 6.23. The number of aryl methyl sites for hydroxylation is 2. The van der Waals surface area contributed by atoms with Crippen molar-refractivity contribution in [1.29, 1.82) is 0 Å². The van der Waals surface area contributed by atoms with Crippen LogP contribution in [0, 0.1) is 21.3 Å². The maximum Gasteiger partial charge on any atom is 0.335 e. The standard InChI is InChI=1S/C9H10O2.C3H6.C/c1-6-3-4-8(9(10)11)7(2)5-6;1-2-3-1;/h3-5H,1-2H3,(H,10,11);1-3H2;. The van der Waals surface area contributed by atoms with Crippen LogP contribution in [0.15, 0.2) is 18.2 Å². The van der Waals surface area contributed by atoms with Crippen LogP contribution in [-0.2, 0) is 0 Å². The summed E-state index contributed by atoms with van der Waals surface area (Å²) in [5, 5.41) is 8.66. The monoisotopic (exact) mass is 204 g/mol. The number of aromatic carboxylic acids is 1. The molecule has 1 saturated carbocycles. The predicted octanol–water partition coefficient (Wildman–Crippen LogP) is 3.25. The van der Waals surface area contributed by atoms with Gasteiger partial charge in [0, 0.05) is 7.43 Å². The van der Waals surface area contributed by atoms with E-state index in [2.05, 4.69) is 0 Å². The molecule has 0 heterocycles. The highest BCUT2D eigenvalue weighted by Crippen LogP contribution is 2.14. The number of carboxylic acid groups (broad SMARTS) is 1. The molecule has 0 aliphatic heterocycles. The van der Waals surface area contributed by atoms with Gasteiger partial charge in [-0.05, 0) is 25.5 Å². The first kappa shape index (κ1) is 13.7. The average molecular weight is 204 g/mol. The van der Waals surface area contributed by atoms with Gasteiger partial charge in [-0.15, -0.1) is 0 Å². The SMILES string of the molecule is C1CC1.Cc1ccc(C(=O)O)c(C)c1.[C]. The van der Waals surface area contributed by atoms with Crippen molar-refractivity contribution >= 4 is 5.97 Å². The van der Waals surface area contributed by atoms with Crippen LogP contribution in [0.5, 0.6) is 0 Å². The Morgan fingerprint density at radius 3 is 2.07 bits per heavy atom. The van der Waals surface area contributed by atoms with E-state index in [0.717, 1.165) is 11.1 Å². The zero-order valence-electron chi connectivity index (χ0n) is 9.21. The van der Waals surface area contributed by atoms with Crippen molar-refractivity contribution in [2.75, 3.05) is 0 Å². The van der Waals surface area contributed by atoms with Gasteiger partial charge in [-0.2, -0.15) is 0 Å². The third-order valence-corrected chi connectivity index (χ3v) is 1.97. The summed E-state index contributed by atoms with van der Waals surface area (Å²) in [6.07, 6.45) is 4.50. The van der Waals surface area contributed by atoms with Gasteiger partial charge in [0.05, 0.1) is 5.56 Å². The van der Waals surface area contributed by atoms with E-state index in [-0.39, 0.29) is 7.43 Å². The second-order valence-corrected chi connectivity index (χ2v) is 3.68. The smallest absolute Gasteiger partial charge is 0.335 e. The van der Waals surface area contributed by atoms with Crippen LogP contribution in [0.4, 0.5) is 0 Å². The van der Waals surface area contributed by atoms with Gasteiger partial charge in [0.15, 0.2) is 0 Å². The molecule has 0 saturated heterocycles. The third kappa shape index (κ3) is 5.21. The fourth-order valence-electron chi connectivity index (χ4n) is 1.05. The molecule has 1 aromatic rings. The summed E-state index contributed by atoms with van der Waals surface area (Å²) in [7, 11) is 0. The molecular weight excluding hydrogens is 188 g/mol. The van der Waals surface area contributed by atoms with Crippen molar-refractivity contribution in [2.45, 2.75) is 33.1 Å². The van der Waals surface area contributed by atoms with Crippen molar-refractivity contribution in [1.82, 2.24) is 0 Å². The fourth-order valence-corrected chi connectivity index (χ4v) is 1.05. The zero-order valence-corrected chi connectivity index (χ0v) is 9.21. The molecule has 1 fully saturated rings. The number of hydrogen-bond donors (Lipinski definition) is 1. The van der Waals surface area contributed by atoms with E-state index in [0.29, 0.717) is 5.56 Å². The van der Waals surface area contributed by atoms with Crippen molar-refractivity contribution in [3.8, 4) is 0 Å².